The quantitative estimate of drug-likeness (QED) is 0.322. The molecule has 0 aliphatic rings. The SMILES string of the molecule is C/C(N)=N/N=C(/C)N.CC. The van der Waals surface area contributed by atoms with Crippen molar-refractivity contribution >= 4 is 11.7 Å². The second kappa shape index (κ2) is 7.94. The minimum atomic E-state index is 0.412. The summed E-state index contributed by atoms with van der Waals surface area (Å²) >= 11 is 0. The second-order valence-corrected chi connectivity index (χ2v) is 1.48. The fraction of sp³-hybridized carbons (Fsp3) is 0.667. The summed E-state index contributed by atoms with van der Waals surface area (Å²) in [6.07, 6.45) is 0. The van der Waals surface area contributed by atoms with Gasteiger partial charge in [0.2, 0.25) is 0 Å². The molecule has 0 aliphatic heterocycles. The van der Waals surface area contributed by atoms with Crippen LogP contribution < -0.4 is 11.5 Å². The number of amidine groups is 2. The van der Waals surface area contributed by atoms with Gasteiger partial charge in [0, 0.05) is 0 Å². The van der Waals surface area contributed by atoms with Crippen LogP contribution in [0.4, 0.5) is 0 Å². The Hall–Kier alpha value is -1.06. The molecule has 4 nitrogen and oxygen atoms in total. The van der Waals surface area contributed by atoms with Crippen LogP contribution in [0.3, 0.4) is 0 Å². The Bertz CT molecular complexity index is 102. The van der Waals surface area contributed by atoms with E-state index in [4.69, 9.17) is 11.5 Å². The summed E-state index contributed by atoms with van der Waals surface area (Å²) in [7, 11) is 0. The first-order valence-corrected chi connectivity index (χ1v) is 3.22. The molecule has 0 saturated carbocycles. The van der Waals surface area contributed by atoms with Crippen LogP contribution in [0.2, 0.25) is 0 Å². The second-order valence-electron chi connectivity index (χ2n) is 1.48. The molecule has 10 heavy (non-hydrogen) atoms. The summed E-state index contributed by atoms with van der Waals surface area (Å²) in [6.45, 7) is 7.29. The van der Waals surface area contributed by atoms with E-state index in [-0.39, 0.29) is 0 Å². The molecule has 4 N–H and O–H groups in total. The summed E-state index contributed by atoms with van der Waals surface area (Å²) in [5.74, 6) is 0.824. The van der Waals surface area contributed by atoms with Crippen molar-refractivity contribution < 1.29 is 0 Å². The standard InChI is InChI=1S/C4H10N4.C2H6/c1-3(5)7-8-4(2)6;1-2/h1-2H3,(H2,5,7)(H2,6,8);1-2H3. The van der Waals surface area contributed by atoms with E-state index >= 15 is 0 Å². The van der Waals surface area contributed by atoms with Crippen LogP contribution in [0.5, 0.6) is 0 Å². The lowest BCUT2D eigenvalue weighted by Crippen LogP contribution is -2.07. The van der Waals surface area contributed by atoms with Gasteiger partial charge in [-0.2, -0.15) is 0 Å². The molecule has 60 valence electrons. The van der Waals surface area contributed by atoms with E-state index in [1.807, 2.05) is 13.8 Å². The topological polar surface area (TPSA) is 76.8 Å². The third-order valence-corrected chi connectivity index (χ3v) is 0.365. The van der Waals surface area contributed by atoms with Crippen LogP contribution in [-0.4, -0.2) is 11.7 Å². The van der Waals surface area contributed by atoms with Crippen molar-refractivity contribution in [2.75, 3.05) is 0 Å². The van der Waals surface area contributed by atoms with E-state index in [0.29, 0.717) is 11.7 Å². The molecule has 0 atom stereocenters. The monoisotopic (exact) mass is 144 g/mol. The first-order valence-electron chi connectivity index (χ1n) is 3.22. The molecule has 0 aromatic rings. The number of rotatable bonds is 1. The minimum Gasteiger partial charge on any atom is -0.386 e. The highest BCUT2D eigenvalue weighted by Gasteiger charge is 1.74. The van der Waals surface area contributed by atoms with Gasteiger partial charge >= 0.3 is 0 Å². The smallest absolute Gasteiger partial charge is 0.119 e. The Balaban J connectivity index is 0. The van der Waals surface area contributed by atoms with E-state index in [9.17, 15) is 0 Å². The van der Waals surface area contributed by atoms with Gasteiger partial charge in [-0.25, -0.2) is 0 Å². The Kier molecular flexibility index (Phi) is 9.29. The van der Waals surface area contributed by atoms with Gasteiger partial charge in [0.05, 0.1) is 0 Å². The van der Waals surface area contributed by atoms with Crippen LogP contribution in [0, 0.1) is 0 Å². The molecule has 0 spiro atoms. The van der Waals surface area contributed by atoms with Crippen LogP contribution in [0.15, 0.2) is 10.2 Å². The molecule has 0 aromatic carbocycles. The average molecular weight is 144 g/mol. The molecular formula is C6H16N4. The Morgan fingerprint density at radius 2 is 1.10 bits per heavy atom. The number of nitrogens with two attached hydrogens (primary N) is 2. The number of nitrogens with zero attached hydrogens (tertiary/aromatic N) is 2. The highest BCUT2D eigenvalue weighted by atomic mass is 15.2. The van der Waals surface area contributed by atoms with Crippen molar-refractivity contribution in [1.29, 1.82) is 0 Å². The Morgan fingerprint density at radius 1 is 0.900 bits per heavy atom. The van der Waals surface area contributed by atoms with Gasteiger partial charge in [0.25, 0.3) is 0 Å². The summed E-state index contributed by atoms with van der Waals surface area (Å²) in [6, 6.07) is 0. The van der Waals surface area contributed by atoms with Gasteiger partial charge in [-0.1, -0.05) is 13.8 Å². The zero-order valence-corrected chi connectivity index (χ0v) is 7.05. The summed E-state index contributed by atoms with van der Waals surface area (Å²) in [5, 5.41) is 6.96. The summed E-state index contributed by atoms with van der Waals surface area (Å²) in [4.78, 5) is 0. The van der Waals surface area contributed by atoms with E-state index in [0.717, 1.165) is 0 Å². The molecule has 0 radical (unpaired) electrons. The molecule has 0 heterocycles. The van der Waals surface area contributed by atoms with E-state index < -0.39 is 0 Å². The van der Waals surface area contributed by atoms with Crippen molar-refractivity contribution in [3.63, 3.8) is 0 Å². The largest absolute Gasteiger partial charge is 0.386 e. The molecule has 4 heteroatoms. The lowest BCUT2D eigenvalue weighted by Gasteiger charge is -1.83. The zero-order chi connectivity index (χ0) is 8.57. The van der Waals surface area contributed by atoms with Crippen LogP contribution >= 0.6 is 0 Å². The maximum atomic E-state index is 5.13. The average Bonchev–Trinajstić information content (AvgIpc) is 1.89. The van der Waals surface area contributed by atoms with E-state index in [1.165, 1.54) is 0 Å². The number of hydrogen-bond acceptors (Lipinski definition) is 2. The van der Waals surface area contributed by atoms with E-state index in [2.05, 4.69) is 10.2 Å². The predicted octanol–water partition coefficient (Wildman–Crippen LogP) is 0.682. The van der Waals surface area contributed by atoms with Gasteiger partial charge < -0.3 is 11.5 Å². The Labute approximate surface area is 62.0 Å². The predicted molar refractivity (Wildman–Crippen MR) is 45.9 cm³/mol. The van der Waals surface area contributed by atoms with Crippen molar-refractivity contribution in [3.05, 3.63) is 0 Å². The highest BCUT2D eigenvalue weighted by Crippen LogP contribution is 1.70. The van der Waals surface area contributed by atoms with Crippen LogP contribution in [0.1, 0.15) is 27.7 Å². The maximum absolute atomic E-state index is 5.13. The van der Waals surface area contributed by atoms with Crippen molar-refractivity contribution in [2.45, 2.75) is 27.7 Å². The molecule has 0 aromatic heterocycles. The Morgan fingerprint density at radius 3 is 1.20 bits per heavy atom. The van der Waals surface area contributed by atoms with Crippen LogP contribution in [-0.2, 0) is 0 Å². The molecule has 0 amide bonds. The highest BCUT2D eigenvalue weighted by molar-refractivity contribution is 5.81. The lowest BCUT2D eigenvalue weighted by atomic mass is 10.7. The van der Waals surface area contributed by atoms with Gasteiger partial charge in [0.15, 0.2) is 0 Å². The van der Waals surface area contributed by atoms with Gasteiger partial charge in [-0.05, 0) is 13.8 Å². The van der Waals surface area contributed by atoms with Crippen LogP contribution in [0.25, 0.3) is 0 Å². The van der Waals surface area contributed by atoms with Gasteiger partial charge in [0.1, 0.15) is 11.7 Å². The molecule has 0 saturated heterocycles. The van der Waals surface area contributed by atoms with Gasteiger partial charge in [-0.15, -0.1) is 10.2 Å². The summed E-state index contributed by atoms with van der Waals surface area (Å²) < 4.78 is 0. The molecule has 0 bridgehead atoms. The molecular weight excluding hydrogens is 128 g/mol. The zero-order valence-electron chi connectivity index (χ0n) is 7.05. The molecule has 0 aliphatic carbocycles. The van der Waals surface area contributed by atoms with Gasteiger partial charge in [-0.3, -0.25) is 0 Å². The number of hydrogen-bond donors (Lipinski definition) is 2. The maximum Gasteiger partial charge on any atom is 0.119 e. The minimum absolute atomic E-state index is 0.412. The first kappa shape index (κ1) is 11.7. The lowest BCUT2D eigenvalue weighted by molar-refractivity contribution is 1.19. The normalized spacial score (nSPS) is 12.0. The molecule has 0 unspecified atom stereocenters. The summed E-state index contributed by atoms with van der Waals surface area (Å²) in [5.41, 5.74) is 10.3. The third kappa shape index (κ3) is 15.8. The van der Waals surface area contributed by atoms with Crippen molar-refractivity contribution in [2.24, 2.45) is 21.7 Å². The third-order valence-electron chi connectivity index (χ3n) is 0.365. The van der Waals surface area contributed by atoms with E-state index in [1.54, 1.807) is 13.8 Å². The first-order chi connectivity index (χ1) is 4.63. The molecule has 0 fully saturated rings. The van der Waals surface area contributed by atoms with Crippen molar-refractivity contribution in [1.82, 2.24) is 0 Å². The van der Waals surface area contributed by atoms with Crippen molar-refractivity contribution in [3.8, 4) is 0 Å². The molecule has 0 rings (SSSR count). The fourth-order valence-electron chi connectivity index (χ4n) is 0.158. The fourth-order valence-corrected chi connectivity index (χ4v) is 0.158.